The third-order valence-corrected chi connectivity index (χ3v) is 2.99. The lowest BCUT2D eigenvalue weighted by Gasteiger charge is -2.11. The minimum atomic E-state index is 0.847. The maximum atomic E-state index is 5.17. The molecule has 2 rings (SSSR count). The second-order valence-corrected chi connectivity index (χ2v) is 4.35. The van der Waals surface area contributed by atoms with Gasteiger partial charge < -0.3 is 10.1 Å². The highest BCUT2D eigenvalue weighted by atomic mass is 16.5. The Morgan fingerprint density at radius 3 is 2.53 bits per heavy atom. The van der Waals surface area contributed by atoms with Gasteiger partial charge in [0.1, 0.15) is 17.9 Å². The molecule has 0 radical (unpaired) electrons. The highest BCUT2D eigenvalue weighted by Crippen LogP contribution is 2.26. The molecule has 0 unspecified atom stereocenters. The van der Waals surface area contributed by atoms with Crippen molar-refractivity contribution in [2.45, 2.75) is 20.3 Å². The molecule has 1 aromatic heterocycles. The van der Waals surface area contributed by atoms with Crippen molar-refractivity contribution in [1.29, 1.82) is 0 Å². The molecule has 4 heteroatoms. The van der Waals surface area contributed by atoms with Crippen LogP contribution in [0.5, 0.6) is 5.75 Å². The van der Waals surface area contributed by atoms with E-state index in [-0.39, 0.29) is 0 Å². The Balaban J connectivity index is 2.32. The van der Waals surface area contributed by atoms with Crippen LogP contribution in [0.15, 0.2) is 30.6 Å². The fraction of sp³-hybridized carbons (Fsp3) is 0.333. The topological polar surface area (TPSA) is 47.0 Å². The van der Waals surface area contributed by atoms with E-state index < -0.39 is 0 Å². The summed E-state index contributed by atoms with van der Waals surface area (Å²) in [5, 5.41) is 3.32. The smallest absolute Gasteiger partial charge is 0.132 e. The molecule has 100 valence electrons. The zero-order chi connectivity index (χ0) is 13.7. The second kappa shape index (κ2) is 6.18. The van der Waals surface area contributed by atoms with E-state index >= 15 is 0 Å². The number of aromatic nitrogens is 2. The van der Waals surface area contributed by atoms with Crippen LogP contribution in [0.4, 0.5) is 5.82 Å². The number of anilines is 1. The first-order chi connectivity index (χ1) is 9.26. The Kier molecular flexibility index (Phi) is 4.34. The lowest BCUT2D eigenvalue weighted by Crippen LogP contribution is -2.05. The van der Waals surface area contributed by atoms with Crippen molar-refractivity contribution in [1.82, 2.24) is 9.97 Å². The molecule has 2 aromatic rings. The van der Waals surface area contributed by atoms with Crippen LogP contribution in [0.25, 0.3) is 11.3 Å². The first-order valence-corrected chi connectivity index (χ1v) is 6.46. The maximum Gasteiger partial charge on any atom is 0.132 e. The average molecular weight is 257 g/mol. The number of nitrogens with zero attached hydrogens (tertiary/aromatic N) is 2. The van der Waals surface area contributed by atoms with Crippen molar-refractivity contribution in [2.75, 3.05) is 19.0 Å². The van der Waals surface area contributed by atoms with Gasteiger partial charge in [-0.2, -0.15) is 0 Å². The van der Waals surface area contributed by atoms with E-state index in [0.29, 0.717) is 0 Å². The van der Waals surface area contributed by atoms with Gasteiger partial charge in [-0.15, -0.1) is 0 Å². The minimum Gasteiger partial charge on any atom is -0.497 e. The first kappa shape index (κ1) is 13.3. The van der Waals surface area contributed by atoms with Gasteiger partial charge in [-0.3, -0.25) is 0 Å². The van der Waals surface area contributed by atoms with Gasteiger partial charge in [0.05, 0.1) is 12.8 Å². The molecule has 0 aliphatic heterocycles. The molecule has 0 atom stereocenters. The van der Waals surface area contributed by atoms with Gasteiger partial charge in [0.25, 0.3) is 0 Å². The number of methoxy groups -OCH3 is 1. The number of benzene rings is 1. The quantitative estimate of drug-likeness (QED) is 0.893. The van der Waals surface area contributed by atoms with E-state index in [1.54, 1.807) is 13.4 Å². The summed E-state index contributed by atoms with van der Waals surface area (Å²) in [7, 11) is 1.66. The van der Waals surface area contributed by atoms with Crippen LogP contribution in [-0.2, 0) is 0 Å². The van der Waals surface area contributed by atoms with Gasteiger partial charge in [0, 0.05) is 17.7 Å². The van der Waals surface area contributed by atoms with E-state index in [1.807, 2.05) is 31.2 Å². The number of rotatable bonds is 5. The molecule has 0 spiro atoms. The van der Waals surface area contributed by atoms with Gasteiger partial charge in [0.15, 0.2) is 0 Å². The monoisotopic (exact) mass is 257 g/mol. The van der Waals surface area contributed by atoms with Gasteiger partial charge in [-0.25, -0.2) is 9.97 Å². The fourth-order valence-electron chi connectivity index (χ4n) is 1.91. The third kappa shape index (κ3) is 3.02. The summed E-state index contributed by atoms with van der Waals surface area (Å²) in [6, 6.07) is 7.90. The van der Waals surface area contributed by atoms with Crippen molar-refractivity contribution >= 4 is 5.82 Å². The second-order valence-electron chi connectivity index (χ2n) is 4.35. The largest absolute Gasteiger partial charge is 0.497 e. The molecule has 0 aliphatic carbocycles. The Morgan fingerprint density at radius 2 is 1.89 bits per heavy atom. The minimum absolute atomic E-state index is 0.847. The molecule has 0 bridgehead atoms. The molecule has 0 fully saturated rings. The van der Waals surface area contributed by atoms with Crippen LogP contribution in [-0.4, -0.2) is 23.6 Å². The van der Waals surface area contributed by atoms with Crippen molar-refractivity contribution < 1.29 is 4.74 Å². The average Bonchev–Trinajstić information content (AvgIpc) is 2.46. The summed E-state index contributed by atoms with van der Waals surface area (Å²) in [6.45, 7) is 5.09. The molecule has 1 N–H and O–H groups in total. The summed E-state index contributed by atoms with van der Waals surface area (Å²) in [6.07, 6.45) is 2.67. The van der Waals surface area contributed by atoms with E-state index in [0.717, 1.165) is 41.4 Å². The van der Waals surface area contributed by atoms with E-state index in [4.69, 9.17) is 4.74 Å². The highest BCUT2D eigenvalue weighted by molar-refractivity contribution is 5.68. The first-order valence-electron chi connectivity index (χ1n) is 6.46. The van der Waals surface area contributed by atoms with Crippen LogP contribution in [0.1, 0.15) is 18.9 Å². The number of hydrogen-bond donors (Lipinski definition) is 1. The summed E-state index contributed by atoms with van der Waals surface area (Å²) in [4.78, 5) is 8.67. The molecular weight excluding hydrogens is 238 g/mol. The Hall–Kier alpha value is -2.10. The summed E-state index contributed by atoms with van der Waals surface area (Å²) < 4.78 is 5.17. The summed E-state index contributed by atoms with van der Waals surface area (Å²) in [5.41, 5.74) is 3.10. The van der Waals surface area contributed by atoms with Gasteiger partial charge in [-0.05, 0) is 37.6 Å². The molecule has 19 heavy (non-hydrogen) atoms. The predicted octanol–water partition coefficient (Wildman–Crippen LogP) is 3.28. The Labute approximate surface area is 113 Å². The van der Waals surface area contributed by atoms with Crippen molar-refractivity contribution in [3.8, 4) is 17.0 Å². The van der Waals surface area contributed by atoms with E-state index in [1.165, 1.54) is 0 Å². The van der Waals surface area contributed by atoms with Crippen LogP contribution >= 0.6 is 0 Å². The summed E-state index contributed by atoms with van der Waals surface area (Å²) >= 11 is 0. The molecule has 0 aliphatic rings. The molecule has 1 heterocycles. The standard InChI is InChI=1S/C15H19N3O/c1-4-9-16-15-11(2)14(17-10-18-15)12-5-7-13(19-3)8-6-12/h5-8,10H,4,9H2,1-3H3,(H,16,17,18). The van der Waals surface area contributed by atoms with Crippen LogP contribution < -0.4 is 10.1 Å². The molecule has 0 saturated carbocycles. The number of hydrogen-bond acceptors (Lipinski definition) is 4. The Bertz CT molecular complexity index is 538. The molecule has 4 nitrogen and oxygen atoms in total. The normalized spacial score (nSPS) is 10.3. The zero-order valence-corrected chi connectivity index (χ0v) is 11.6. The number of ether oxygens (including phenoxy) is 1. The Morgan fingerprint density at radius 1 is 1.16 bits per heavy atom. The van der Waals surface area contributed by atoms with Crippen molar-refractivity contribution in [3.63, 3.8) is 0 Å². The zero-order valence-electron chi connectivity index (χ0n) is 11.6. The van der Waals surface area contributed by atoms with Gasteiger partial charge >= 0.3 is 0 Å². The van der Waals surface area contributed by atoms with E-state index in [2.05, 4.69) is 22.2 Å². The van der Waals surface area contributed by atoms with Crippen LogP contribution in [0, 0.1) is 6.92 Å². The lowest BCUT2D eigenvalue weighted by atomic mass is 10.1. The summed E-state index contributed by atoms with van der Waals surface area (Å²) in [5.74, 6) is 1.75. The number of nitrogens with one attached hydrogen (secondary N) is 1. The predicted molar refractivity (Wildman–Crippen MR) is 77.5 cm³/mol. The van der Waals surface area contributed by atoms with Crippen molar-refractivity contribution in [2.24, 2.45) is 0 Å². The van der Waals surface area contributed by atoms with E-state index in [9.17, 15) is 0 Å². The van der Waals surface area contributed by atoms with Gasteiger partial charge in [-0.1, -0.05) is 6.92 Å². The van der Waals surface area contributed by atoms with Gasteiger partial charge in [0.2, 0.25) is 0 Å². The van der Waals surface area contributed by atoms with Crippen LogP contribution in [0.3, 0.4) is 0 Å². The van der Waals surface area contributed by atoms with Crippen LogP contribution in [0.2, 0.25) is 0 Å². The van der Waals surface area contributed by atoms with Crippen molar-refractivity contribution in [3.05, 3.63) is 36.2 Å². The molecular formula is C15H19N3O. The lowest BCUT2D eigenvalue weighted by molar-refractivity contribution is 0.415. The fourth-order valence-corrected chi connectivity index (χ4v) is 1.91. The SMILES string of the molecule is CCCNc1ncnc(-c2ccc(OC)cc2)c1C. The molecule has 1 aromatic carbocycles. The highest BCUT2D eigenvalue weighted by Gasteiger charge is 2.08. The maximum absolute atomic E-state index is 5.17. The molecule has 0 amide bonds. The molecule has 0 saturated heterocycles. The third-order valence-electron chi connectivity index (χ3n) is 2.99.